The maximum atomic E-state index is 15.8. The third-order valence-electron chi connectivity index (χ3n) is 9.79. The molecule has 3 aliphatic heterocycles. The van der Waals surface area contributed by atoms with Gasteiger partial charge in [-0.15, -0.1) is 10.2 Å². The number of likely N-dealkylation sites (N-methyl/N-ethyl adjacent to an activating group) is 1. The fourth-order valence-corrected chi connectivity index (χ4v) is 7.09. The Morgan fingerprint density at radius 2 is 1.54 bits per heavy atom. The minimum absolute atomic E-state index is 0.0796. The van der Waals surface area contributed by atoms with E-state index in [1.165, 1.54) is 12.1 Å². The number of aromatic nitrogens is 4. The van der Waals surface area contributed by atoms with Crippen molar-refractivity contribution in [2.75, 3.05) is 75.8 Å². The third-order valence-corrected chi connectivity index (χ3v) is 9.79. The minimum Gasteiger partial charge on any atom is -0.487 e. The Morgan fingerprint density at radius 1 is 0.875 bits per heavy atom. The number of fused-ring (bicyclic) bond motifs is 1. The van der Waals surface area contributed by atoms with E-state index in [-0.39, 0.29) is 46.3 Å². The number of hydrogen-bond acceptors (Lipinski definition) is 10. The van der Waals surface area contributed by atoms with Crippen molar-refractivity contribution in [3.63, 3.8) is 0 Å². The molecule has 0 saturated carbocycles. The molecular formula is C34H36F2N8O4. The molecule has 0 spiro atoms. The molecule has 14 heteroatoms. The number of piperazine rings is 2. The van der Waals surface area contributed by atoms with Crippen LogP contribution in [-0.4, -0.2) is 90.2 Å². The highest BCUT2D eigenvalue weighted by Gasteiger charge is 2.31. The van der Waals surface area contributed by atoms with Gasteiger partial charge in [-0.1, -0.05) is 0 Å². The Kier molecular flexibility index (Phi) is 7.44. The van der Waals surface area contributed by atoms with E-state index in [0.29, 0.717) is 60.9 Å². The van der Waals surface area contributed by atoms with Crippen molar-refractivity contribution in [2.24, 2.45) is 0 Å². The SMILES string of the molecule is CCn1cc(-c2nnc(-c3cn4c5c(c(N6CCN(C)CC6)c(F)cc5c3=O)OC[C@H]4C)o2)c(=O)c2cc(F)c(N3CCNCC3)cc21. The Bertz CT molecular complexity index is 2200. The second-order valence-electron chi connectivity index (χ2n) is 12.8. The van der Waals surface area contributed by atoms with Gasteiger partial charge in [0.2, 0.25) is 10.9 Å². The van der Waals surface area contributed by atoms with Gasteiger partial charge in [-0.25, -0.2) is 8.78 Å². The lowest BCUT2D eigenvalue weighted by molar-refractivity contribution is 0.245. The van der Waals surface area contributed by atoms with Gasteiger partial charge in [0, 0.05) is 76.7 Å². The summed E-state index contributed by atoms with van der Waals surface area (Å²) in [4.78, 5) is 33.8. The van der Waals surface area contributed by atoms with Gasteiger partial charge >= 0.3 is 0 Å². The normalized spacial score (nSPS) is 18.6. The van der Waals surface area contributed by atoms with Crippen LogP contribution in [0.2, 0.25) is 0 Å². The number of halogens is 2. The predicted octanol–water partition coefficient (Wildman–Crippen LogP) is 3.45. The molecular weight excluding hydrogens is 622 g/mol. The van der Waals surface area contributed by atoms with E-state index in [4.69, 9.17) is 9.15 Å². The van der Waals surface area contributed by atoms with Gasteiger partial charge < -0.3 is 38.3 Å². The van der Waals surface area contributed by atoms with E-state index >= 15 is 8.78 Å². The molecule has 5 aromatic rings. The molecule has 0 radical (unpaired) electrons. The van der Waals surface area contributed by atoms with Crippen molar-refractivity contribution in [2.45, 2.75) is 26.4 Å². The molecule has 3 aromatic heterocycles. The molecule has 8 rings (SSSR count). The fourth-order valence-electron chi connectivity index (χ4n) is 7.09. The maximum absolute atomic E-state index is 15.8. The standard InChI is InChI=1S/C34H36F2N8O4/c1-4-41-16-22(30(45)20-13-24(35)27(15-26(20)41)42-7-5-37-6-8-42)33-38-39-34(48-33)23-17-44-19(2)18-47-32-28(44)21(31(23)46)14-25(36)29(32)43-11-9-40(3)10-12-43/h13-17,19,37H,4-12,18H2,1-3H3/t19-/m1/s1. The first-order valence-electron chi connectivity index (χ1n) is 16.4. The zero-order valence-corrected chi connectivity index (χ0v) is 27.1. The summed E-state index contributed by atoms with van der Waals surface area (Å²) in [6, 6.07) is 4.08. The number of hydrogen-bond donors (Lipinski definition) is 1. The highest BCUT2D eigenvalue weighted by Crippen LogP contribution is 2.42. The molecule has 1 atom stereocenters. The van der Waals surface area contributed by atoms with Gasteiger partial charge in [-0.3, -0.25) is 9.59 Å². The zero-order valence-electron chi connectivity index (χ0n) is 27.1. The average molecular weight is 659 g/mol. The quantitative estimate of drug-likeness (QED) is 0.301. The molecule has 0 unspecified atom stereocenters. The topological polar surface area (TPSA) is 114 Å². The summed E-state index contributed by atoms with van der Waals surface area (Å²) < 4.78 is 47.1. The number of ether oxygens (including phenoxy) is 1. The first kappa shape index (κ1) is 30.5. The molecule has 0 bridgehead atoms. The molecule has 48 heavy (non-hydrogen) atoms. The van der Waals surface area contributed by atoms with Crippen LogP contribution in [0.4, 0.5) is 20.2 Å². The maximum Gasteiger partial charge on any atom is 0.253 e. The van der Waals surface area contributed by atoms with Crippen molar-refractivity contribution >= 4 is 33.2 Å². The summed E-state index contributed by atoms with van der Waals surface area (Å²) >= 11 is 0. The van der Waals surface area contributed by atoms with Crippen LogP contribution in [0.1, 0.15) is 19.9 Å². The lowest BCUT2D eigenvalue weighted by atomic mass is 10.1. The second-order valence-corrected chi connectivity index (χ2v) is 12.8. The van der Waals surface area contributed by atoms with E-state index < -0.39 is 22.5 Å². The molecule has 0 amide bonds. The molecule has 6 heterocycles. The van der Waals surface area contributed by atoms with Crippen LogP contribution in [0.15, 0.2) is 44.6 Å². The van der Waals surface area contributed by atoms with Gasteiger partial charge in [-0.2, -0.15) is 0 Å². The third kappa shape index (κ3) is 4.84. The number of benzene rings is 2. The van der Waals surface area contributed by atoms with E-state index in [1.54, 1.807) is 18.5 Å². The number of anilines is 2. The molecule has 250 valence electrons. The Labute approximate surface area is 274 Å². The second kappa shape index (κ2) is 11.7. The van der Waals surface area contributed by atoms with Crippen LogP contribution >= 0.6 is 0 Å². The van der Waals surface area contributed by atoms with Gasteiger partial charge in [0.05, 0.1) is 28.1 Å². The minimum atomic E-state index is -0.535. The van der Waals surface area contributed by atoms with Gasteiger partial charge in [-0.05, 0) is 39.1 Å². The Hall–Kier alpha value is -4.82. The number of nitrogens with zero attached hydrogens (tertiary/aromatic N) is 7. The monoisotopic (exact) mass is 658 g/mol. The smallest absolute Gasteiger partial charge is 0.253 e. The summed E-state index contributed by atoms with van der Waals surface area (Å²) in [5, 5.41) is 11.9. The molecule has 12 nitrogen and oxygen atoms in total. The number of rotatable bonds is 5. The van der Waals surface area contributed by atoms with Crippen molar-refractivity contribution in [1.82, 2.24) is 29.5 Å². The molecule has 3 aliphatic rings. The van der Waals surface area contributed by atoms with Gasteiger partial charge in [0.1, 0.15) is 29.2 Å². The summed E-state index contributed by atoms with van der Waals surface area (Å²) in [7, 11) is 2.03. The van der Waals surface area contributed by atoms with Crippen molar-refractivity contribution in [3.05, 3.63) is 62.7 Å². The van der Waals surface area contributed by atoms with Crippen LogP contribution in [0, 0.1) is 11.6 Å². The van der Waals surface area contributed by atoms with Crippen LogP contribution in [0.3, 0.4) is 0 Å². The number of aryl methyl sites for hydroxylation is 1. The van der Waals surface area contributed by atoms with Crippen molar-refractivity contribution in [1.29, 1.82) is 0 Å². The molecule has 2 aromatic carbocycles. The van der Waals surface area contributed by atoms with Gasteiger partial charge in [0.25, 0.3) is 11.8 Å². The van der Waals surface area contributed by atoms with Crippen LogP contribution in [0.5, 0.6) is 5.75 Å². The van der Waals surface area contributed by atoms with Crippen molar-refractivity contribution in [3.8, 4) is 28.7 Å². The van der Waals surface area contributed by atoms with E-state index in [2.05, 4.69) is 20.4 Å². The van der Waals surface area contributed by atoms with E-state index in [9.17, 15) is 9.59 Å². The largest absolute Gasteiger partial charge is 0.487 e. The molecule has 2 fully saturated rings. The lowest BCUT2D eigenvalue weighted by Gasteiger charge is -2.37. The number of nitrogens with one attached hydrogen (secondary N) is 1. The van der Waals surface area contributed by atoms with E-state index in [1.807, 2.05) is 39.8 Å². The summed E-state index contributed by atoms with van der Waals surface area (Å²) in [5.74, 6) is -0.866. The molecule has 2 saturated heterocycles. The zero-order chi connectivity index (χ0) is 33.3. The van der Waals surface area contributed by atoms with Crippen LogP contribution < -0.4 is 30.7 Å². The highest BCUT2D eigenvalue weighted by molar-refractivity contribution is 5.94. The Morgan fingerprint density at radius 3 is 2.25 bits per heavy atom. The molecule has 1 N–H and O–H groups in total. The average Bonchev–Trinajstić information content (AvgIpc) is 3.58. The van der Waals surface area contributed by atoms with Crippen LogP contribution in [0.25, 0.3) is 44.7 Å². The fraction of sp³-hybridized carbons (Fsp3) is 0.412. The summed E-state index contributed by atoms with van der Waals surface area (Å²) in [6.07, 6.45) is 3.27. The first-order valence-corrected chi connectivity index (χ1v) is 16.4. The lowest BCUT2D eigenvalue weighted by Crippen LogP contribution is -2.45. The molecule has 0 aliphatic carbocycles. The number of pyridine rings is 2. The van der Waals surface area contributed by atoms with Crippen molar-refractivity contribution < 1.29 is 17.9 Å². The highest BCUT2D eigenvalue weighted by atomic mass is 19.1. The Balaban J connectivity index is 1.22. The van der Waals surface area contributed by atoms with E-state index in [0.717, 1.165) is 26.2 Å². The van der Waals surface area contributed by atoms with Crippen LogP contribution in [-0.2, 0) is 6.54 Å². The summed E-state index contributed by atoms with van der Waals surface area (Å²) in [5.41, 5.74) is 1.14. The first-order chi connectivity index (χ1) is 23.2. The van der Waals surface area contributed by atoms with Gasteiger partial charge in [0.15, 0.2) is 11.6 Å². The summed E-state index contributed by atoms with van der Waals surface area (Å²) in [6.45, 7) is 10.3. The predicted molar refractivity (Wildman–Crippen MR) is 179 cm³/mol.